The molecule has 1 aliphatic heterocycles. The molecule has 256 valence electrons. The Labute approximate surface area is 271 Å². The number of aliphatic carboxylic acids is 1. The van der Waals surface area contributed by atoms with Crippen molar-refractivity contribution < 1.29 is 53.8 Å². The Bertz CT molecular complexity index is 1740. The second-order valence-electron chi connectivity index (χ2n) is 13.5. The van der Waals surface area contributed by atoms with E-state index < -0.39 is 61.0 Å². The molecule has 1 saturated heterocycles. The maximum atomic E-state index is 15.1. The fourth-order valence-corrected chi connectivity index (χ4v) is 11.2. The van der Waals surface area contributed by atoms with Gasteiger partial charge >= 0.3 is 24.0 Å². The van der Waals surface area contributed by atoms with E-state index >= 15 is 4.39 Å². The predicted octanol–water partition coefficient (Wildman–Crippen LogP) is 7.58. The number of fused-ring (bicyclic) bond motifs is 6. The molecule has 0 spiro atoms. The molecule has 4 aliphatic carbocycles. The summed E-state index contributed by atoms with van der Waals surface area (Å²) in [5.41, 5.74) is -9.09. The van der Waals surface area contributed by atoms with Gasteiger partial charge in [0.05, 0.1) is 16.4 Å². The van der Waals surface area contributed by atoms with E-state index in [0.717, 1.165) is 6.07 Å². The molecule has 2 bridgehead atoms. The molecular weight excluding hydrogens is 679 g/mol. The highest BCUT2D eigenvalue weighted by atomic mass is 35.5. The van der Waals surface area contributed by atoms with Crippen LogP contribution in [0, 0.1) is 17.8 Å². The van der Waals surface area contributed by atoms with Crippen molar-refractivity contribution in [3.63, 3.8) is 0 Å². The first-order chi connectivity index (χ1) is 21.7. The van der Waals surface area contributed by atoms with Crippen LogP contribution < -0.4 is 0 Å². The van der Waals surface area contributed by atoms with Crippen LogP contribution in [0.1, 0.15) is 73.6 Å². The van der Waals surface area contributed by atoms with Crippen LogP contribution >= 0.6 is 11.6 Å². The lowest BCUT2D eigenvalue weighted by Gasteiger charge is -2.52. The summed E-state index contributed by atoms with van der Waals surface area (Å²) in [6.45, 7) is 1.50. The number of amides is 1. The Hall–Kier alpha value is -2.87. The van der Waals surface area contributed by atoms with Crippen LogP contribution in [-0.4, -0.2) is 55.2 Å². The lowest BCUT2D eigenvalue weighted by Crippen LogP contribution is -2.57. The van der Waals surface area contributed by atoms with Crippen molar-refractivity contribution in [3.8, 4) is 0 Å². The zero-order chi connectivity index (χ0) is 34.6. The van der Waals surface area contributed by atoms with Crippen LogP contribution in [0.5, 0.6) is 0 Å². The number of rotatable bonds is 5. The van der Waals surface area contributed by atoms with Crippen molar-refractivity contribution in [1.82, 2.24) is 4.90 Å². The maximum absolute atomic E-state index is 15.1. The number of carbonyl (C=O) groups excluding carboxylic acids is 1. The van der Waals surface area contributed by atoms with Crippen LogP contribution in [-0.2, 0) is 36.3 Å². The first-order valence-corrected chi connectivity index (χ1v) is 17.0. The fraction of sp³-hybridized carbons (Fsp3) is 0.562. The van der Waals surface area contributed by atoms with E-state index in [1.165, 1.54) is 23.1 Å². The van der Waals surface area contributed by atoms with Gasteiger partial charge in [0.2, 0.25) is 5.91 Å². The minimum Gasteiger partial charge on any atom is -0.481 e. The van der Waals surface area contributed by atoms with Gasteiger partial charge in [-0.2, -0.15) is 26.3 Å². The second-order valence-corrected chi connectivity index (χ2v) is 16.1. The smallest absolute Gasteiger partial charge is 0.435 e. The van der Waals surface area contributed by atoms with Crippen molar-refractivity contribution in [3.05, 3.63) is 63.7 Å². The minimum atomic E-state index is -6.35. The van der Waals surface area contributed by atoms with Gasteiger partial charge in [0.25, 0.3) is 0 Å². The number of carbonyl (C=O) groups is 2. The molecule has 4 fully saturated rings. The van der Waals surface area contributed by atoms with Gasteiger partial charge in [-0.15, -0.1) is 0 Å². The molecule has 7 rings (SSSR count). The number of nitrogens with zero attached hydrogens (tertiary/aromatic N) is 1. The molecule has 3 saturated carbocycles. The van der Waals surface area contributed by atoms with Crippen LogP contribution in [0.4, 0.5) is 30.7 Å². The molecule has 2 aromatic rings. The zero-order valence-corrected chi connectivity index (χ0v) is 26.6. The summed E-state index contributed by atoms with van der Waals surface area (Å²) in [5.74, 6) is -1.25. The molecule has 5 aliphatic rings. The number of halogens is 8. The number of aryl methyl sites for hydroxylation is 2. The van der Waals surface area contributed by atoms with Gasteiger partial charge in [-0.1, -0.05) is 29.8 Å². The van der Waals surface area contributed by atoms with Gasteiger partial charge < -0.3 is 10.0 Å². The number of hydrogen-bond donors (Lipinski definition) is 1. The van der Waals surface area contributed by atoms with Gasteiger partial charge in [-0.25, -0.2) is 12.8 Å². The highest BCUT2D eigenvalue weighted by molar-refractivity contribution is 7.92. The predicted molar refractivity (Wildman–Crippen MR) is 155 cm³/mol. The maximum Gasteiger partial charge on any atom is 0.435 e. The van der Waals surface area contributed by atoms with Gasteiger partial charge in [0, 0.05) is 22.5 Å². The van der Waals surface area contributed by atoms with E-state index in [4.69, 9.17) is 11.6 Å². The van der Waals surface area contributed by atoms with Gasteiger partial charge in [0.15, 0.2) is 9.84 Å². The van der Waals surface area contributed by atoms with E-state index in [0.29, 0.717) is 37.0 Å². The SMILES string of the molecule is Cc1cc(S(=O)(=O)C23CCN(C(=O)C45CCC(C(=O)O)(CC4)CC5)C2CCc2cc(C(F)(C(F)(F)F)C(F)(F)F)ccc23)ccc1Cl. The molecule has 2 atom stereocenters. The molecule has 6 nitrogen and oxygen atoms in total. The summed E-state index contributed by atoms with van der Waals surface area (Å²) in [6.07, 6.45) is -11.5. The largest absolute Gasteiger partial charge is 0.481 e. The monoisotopic (exact) mass is 709 g/mol. The molecule has 0 aromatic heterocycles. The topological polar surface area (TPSA) is 91.8 Å². The van der Waals surface area contributed by atoms with Crippen LogP contribution in [0.3, 0.4) is 0 Å². The highest BCUT2D eigenvalue weighted by Crippen LogP contribution is 2.61. The molecule has 1 heterocycles. The molecular formula is C32H31ClF7NO5S. The van der Waals surface area contributed by atoms with Crippen LogP contribution in [0.25, 0.3) is 0 Å². The number of alkyl halides is 7. The summed E-state index contributed by atoms with van der Waals surface area (Å²) in [6, 6.07) is 4.52. The van der Waals surface area contributed by atoms with Crippen molar-refractivity contribution in [2.75, 3.05) is 6.54 Å². The molecule has 15 heteroatoms. The fourth-order valence-electron chi connectivity index (χ4n) is 8.60. The molecule has 2 unspecified atom stereocenters. The second kappa shape index (κ2) is 10.6. The first-order valence-electron chi connectivity index (χ1n) is 15.2. The molecule has 1 N–H and O–H groups in total. The molecule has 47 heavy (non-hydrogen) atoms. The quantitative estimate of drug-likeness (QED) is 0.324. The summed E-state index contributed by atoms with van der Waals surface area (Å²) in [7, 11) is -4.52. The number of sulfone groups is 1. The Morgan fingerprint density at radius 3 is 1.98 bits per heavy atom. The van der Waals surface area contributed by atoms with E-state index in [2.05, 4.69) is 0 Å². The average Bonchev–Trinajstić information content (AvgIpc) is 3.42. The molecule has 0 radical (unpaired) electrons. The number of likely N-dealkylation sites (tertiary alicyclic amines) is 1. The third-order valence-corrected chi connectivity index (χ3v) is 14.4. The standard InChI is InChI=1S/C32H31ClF7NO5S/c1-18-16-21(4-6-23(18)33)47(45,46)29-14-15-41(25(42)27-8-11-28(12-9-27,13-10-27)26(43)44)24(29)7-2-19-17-20(3-5-22(19)29)30(34,31(35,36)37)32(38,39)40/h3-6,16-17,24H,2,7-15H2,1H3,(H,43,44). The Kier molecular flexibility index (Phi) is 7.64. The minimum absolute atomic E-state index is 0.0690. The number of carboxylic acids is 1. The molecule has 1 amide bonds. The lowest BCUT2D eigenvalue weighted by molar-refractivity contribution is -0.348. The van der Waals surface area contributed by atoms with Crippen LogP contribution in [0.2, 0.25) is 5.02 Å². The van der Waals surface area contributed by atoms with Crippen LogP contribution in [0.15, 0.2) is 41.3 Å². The van der Waals surface area contributed by atoms with E-state index in [1.54, 1.807) is 6.92 Å². The van der Waals surface area contributed by atoms with E-state index in [9.17, 15) is 49.5 Å². The summed E-state index contributed by atoms with van der Waals surface area (Å²) >= 11 is 6.15. The Morgan fingerprint density at radius 1 is 0.872 bits per heavy atom. The van der Waals surface area contributed by atoms with Crippen molar-refractivity contribution >= 4 is 33.3 Å². The Morgan fingerprint density at radius 2 is 1.45 bits per heavy atom. The van der Waals surface area contributed by atoms with Crippen molar-refractivity contribution in [1.29, 1.82) is 0 Å². The summed E-state index contributed by atoms with van der Waals surface area (Å²) in [5, 5.41) is 10.1. The third kappa shape index (κ3) is 4.59. The van der Waals surface area contributed by atoms with E-state index in [-0.39, 0.29) is 72.0 Å². The number of carboxylic acid groups (broad SMARTS) is 1. The number of hydrogen-bond acceptors (Lipinski definition) is 4. The number of benzene rings is 2. The zero-order valence-electron chi connectivity index (χ0n) is 25.1. The third-order valence-electron chi connectivity index (χ3n) is 11.4. The lowest BCUT2D eigenvalue weighted by atomic mass is 9.53. The highest BCUT2D eigenvalue weighted by Gasteiger charge is 2.74. The average molecular weight is 710 g/mol. The first kappa shape index (κ1) is 34.0. The van der Waals surface area contributed by atoms with Crippen molar-refractivity contribution in [2.24, 2.45) is 10.8 Å². The van der Waals surface area contributed by atoms with Gasteiger partial charge in [0.1, 0.15) is 4.75 Å². The van der Waals surface area contributed by atoms with Gasteiger partial charge in [-0.05, 0) is 99.6 Å². The summed E-state index contributed by atoms with van der Waals surface area (Å²) in [4.78, 5) is 27.7. The normalized spacial score (nSPS) is 29.4. The Balaban J connectivity index is 1.48. The summed E-state index contributed by atoms with van der Waals surface area (Å²) < 4.78 is 125. The van der Waals surface area contributed by atoms with E-state index in [1.807, 2.05) is 0 Å². The van der Waals surface area contributed by atoms with Crippen molar-refractivity contribution in [2.45, 2.75) is 98.4 Å². The molecule has 2 aromatic carbocycles. The van der Waals surface area contributed by atoms with Gasteiger partial charge in [-0.3, -0.25) is 9.59 Å².